The van der Waals surface area contributed by atoms with E-state index in [0.717, 1.165) is 53.2 Å². The Morgan fingerprint density at radius 2 is 2.11 bits per heavy atom. The first-order valence-electron chi connectivity index (χ1n) is 6.78. The first-order valence-corrected chi connectivity index (χ1v) is 7.57. The Kier molecular flexibility index (Phi) is 4.64. The summed E-state index contributed by atoms with van der Waals surface area (Å²) >= 11 is 3.49. The summed E-state index contributed by atoms with van der Waals surface area (Å²) in [6.07, 6.45) is 3.19. The number of aromatic nitrogens is 2. The lowest BCUT2D eigenvalue weighted by Gasteiger charge is -2.07. The smallest absolute Gasteiger partial charge is 0.131 e. The van der Waals surface area contributed by atoms with Crippen LogP contribution in [0.3, 0.4) is 0 Å². The second kappa shape index (κ2) is 6.24. The van der Waals surface area contributed by atoms with Gasteiger partial charge in [-0.2, -0.15) is 0 Å². The van der Waals surface area contributed by atoms with Crippen LogP contribution in [0.15, 0.2) is 28.7 Å². The molecule has 2 rings (SSSR count). The molecule has 0 atom stereocenters. The lowest BCUT2D eigenvalue weighted by Crippen LogP contribution is -2.06. The predicted octanol–water partition coefficient (Wildman–Crippen LogP) is 4.26. The van der Waals surface area contributed by atoms with Crippen molar-refractivity contribution in [2.75, 3.05) is 5.73 Å². The Bertz CT molecular complexity index is 561. The van der Waals surface area contributed by atoms with Crippen LogP contribution in [-0.2, 0) is 13.0 Å². The highest BCUT2D eigenvalue weighted by Gasteiger charge is 2.14. The zero-order valence-electron chi connectivity index (χ0n) is 11.5. The van der Waals surface area contributed by atoms with Crippen molar-refractivity contribution in [1.82, 2.24) is 9.55 Å². The third kappa shape index (κ3) is 3.00. The molecule has 19 heavy (non-hydrogen) atoms. The van der Waals surface area contributed by atoms with E-state index in [9.17, 15) is 0 Å². The van der Waals surface area contributed by atoms with Crippen molar-refractivity contribution in [3.63, 3.8) is 0 Å². The highest BCUT2D eigenvalue weighted by molar-refractivity contribution is 9.10. The third-order valence-electron chi connectivity index (χ3n) is 3.24. The van der Waals surface area contributed by atoms with E-state index in [4.69, 9.17) is 10.7 Å². The highest BCUT2D eigenvalue weighted by Crippen LogP contribution is 2.28. The zero-order chi connectivity index (χ0) is 13.8. The van der Waals surface area contributed by atoms with Crippen LogP contribution in [0.25, 0.3) is 11.3 Å². The van der Waals surface area contributed by atoms with Crippen LogP contribution in [0, 0.1) is 0 Å². The Hall–Kier alpha value is -1.29. The van der Waals surface area contributed by atoms with E-state index in [-0.39, 0.29) is 0 Å². The molecule has 102 valence electrons. The third-order valence-corrected chi connectivity index (χ3v) is 3.73. The summed E-state index contributed by atoms with van der Waals surface area (Å²) in [5.41, 5.74) is 8.25. The van der Waals surface area contributed by atoms with E-state index in [2.05, 4.69) is 40.4 Å². The Balaban J connectivity index is 2.44. The fourth-order valence-corrected chi connectivity index (χ4v) is 2.60. The van der Waals surface area contributed by atoms with Gasteiger partial charge in [0.25, 0.3) is 0 Å². The number of rotatable bonds is 5. The van der Waals surface area contributed by atoms with Crippen LogP contribution in [-0.4, -0.2) is 9.55 Å². The van der Waals surface area contributed by atoms with Gasteiger partial charge in [0, 0.05) is 23.0 Å². The molecule has 0 spiro atoms. The molecule has 2 aromatic rings. The molecule has 0 unspecified atom stereocenters. The van der Waals surface area contributed by atoms with Crippen LogP contribution in [0.2, 0.25) is 0 Å². The van der Waals surface area contributed by atoms with Gasteiger partial charge >= 0.3 is 0 Å². The van der Waals surface area contributed by atoms with Gasteiger partial charge in [-0.15, -0.1) is 0 Å². The summed E-state index contributed by atoms with van der Waals surface area (Å²) in [5, 5.41) is 0. The molecule has 0 bridgehead atoms. The molecular formula is C15H20BrN3. The second-order valence-corrected chi connectivity index (χ2v) is 5.55. The second-order valence-electron chi connectivity index (χ2n) is 4.63. The van der Waals surface area contributed by atoms with Crippen LogP contribution in [0.4, 0.5) is 5.82 Å². The minimum absolute atomic E-state index is 0.781. The Morgan fingerprint density at radius 3 is 2.74 bits per heavy atom. The van der Waals surface area contributed by atoms with Gasteiger partial charge in [0.15, 0.2) is 0 Å². The highest BCUT2D eigenvalue weighted by atomic mass is 79.9. The molecule has 1 heterocycles. The maximum atomic E-state index is 6.29. The molecule has 2 N–H and O–H groups in total. The molecule has 0 saturated heterocycles. The number of nitrogens with zero attached hydrogens (tertiary/aromatic N) is 2. The molecule has 0 amide bonds. The van der Waals surface area contributed by atoms with Crippen molar-refractivity contribution in [1.29, 1.82) is 0 Å². The van der Waals surface area contributed by atoms with Gasteiger partial charge in [-0.05, 0) is 18.6 Å². The topological polar surface area (TPSA) is 43.8 Å². The van der Waals surface area contributed by atoms with E-state index in [1.54, 1.807) is 0 Å². The summed E-state index contributed by atoms with van der Waals surface area (Å²) in [5.74, 6) is 1.85. The number of nitrogen functional groups attached to an aromatic ring is 1. The van der Waals surface area contributed by atoms with Crippen molar-refractivity contribution in [3.05, 3.63) is 34.6 Å². The molecule has 0 aliphatic carbocycles. The molecule has 0 saturated carbocycles. The predicted molar refractivity (Wildman–Crippen MR) is 84.1 cm³/mol. The number of benzene rings is 1. The number of halogens is 1. The van der Waals surface area contributed by atoms with E-state index >= 15 is 0 Å². The number of hydrogen-bond donors (Lipinski definition) is 1. The standard InChI is InChI=1S/C15H20BrN3/c1-3-5-9-19-13(4-2)18-14(15(19)17)11-7-6-8-12(16)10-11/h6-8,10H,3-5,9,17H2,1-2H3. The lowest BCUT2D eigenvalue weighted by atomic mass is 10.1. The van der Waals surface area contributed by atoms with Crippen molar-refractivity contribution in [2.45, 2.75) is 39.7 Å². The Morgan fingerprint density at radius 1 is 1.32 bits per heavy atom. The Labute approximate surface area is 123 Å². The van der Waals surface area contributed by atoms with Gasteiger partial charge in [0.2, 0.25) is 0 Å². The summed E-state index contributed by atoms with van der Waals surface area (Å²) in [7, 11) is 0. The summed E-state index contributed by atoms with van der Waals surface area (Å²) in [6.45, 7) is 5.26. The first-order chi connectivity index (χ1) is 9.17. The number of hydrogen-bond acceptors (Lipinski definition) is 2. The monoisotopic (exact) mass is 321 g/mol. The minimum Gasteiger partial charge on any atom is -0.383 e. The van der Waals surface area contributed by atoms with Crippen molar-refractivity contribution in [2.24, 2.45) is 0 Å². The zero-order valence-corrected chi connectivity index (χ0v) is 13.1. The molecule has 0 radical (unpaired) electrons. The SMILES string of the molecule is CCCCn1c(CC)nc(-c2cccc(Br)c2)c1N. The van der Waals surface area contributed by atoms with Crippen molar-refractivity contribution < 1.29 is 0 Å². The van der Waals surface area contributed by atoms with Crippen LogP contribution in [0.5, 0.6) is 0 Å². The average molecular weight is 322 g/mol. The van der Waals surface area contributed by atoms with Crippen LogP contribution >= 0.6 is 15.9 Å². The normalized spacial score (nSPS) is 10.9. The van der Waals surface area contributed by atoms with Gasteiger partial charge in [-0.25, -0.2) is 4.98 Å². The summed E-state index contributed by atoms with van der Waals surface area (Å²) in [4.78, 5) is 4.71. The number of anilines is 1. The van der Waals surface area contributed by atoms with E-state index in [1.807, 2.05) is 18.2 Å². The fourth-order valence-electron chi connectivity index (χ4n) is 2.20. The largest absolute Gasteiger partial charge is 0.383 e. The van der Waals surface area contributed by atoms with E-state index < -0.39 is 0 Å². The molecule has 0 fully saturated rings. The molecule has 0 aliphatic rings. The summed E-state index contributed by atoms with van der Waals surface area (Å²) < 4.78 is 3.20. The fraction of sp³-hybridized carbons (Fsp3) is 0.400. The van der Waals surface area contributed by atoms with Gasteiger partial charge < -0.3 is 10.3 Å². The quantitative estimate of drug-likeness (QED) is 0.894. The number of aryl methyl sites for hydroxylation is 1. The molecule has 0 aliphatic heterocycles. The number of nitrogens with two attached hydrogens (primary N) is 1. The first kappa shape index (κ1) is 14.1. The van der Waals surface area contributed by atoms with Crippen LogP contribution < -0.4 is 5.73 Å². The minimum atomic E-state index is 0.781. The van der Waals surface area contributed by atoms with Gasteiger partial charge in [0.05, 0.1) is 0 Å². The average Bonchev–Trinajstić information content (AvgIpc) is 2.73. The molecular weight excluding hydrogens is 302 g/mol. The number of unbranched alkanes of at least 4 members (excludes halogenated alkanes) is 1. The van der Waals surface area contributed by atoms with Gasteiger partial charge in [-0.3, -0.25) is 0 Å². The van der Waals surface area contributed by atoms with Gasteiger partial charge in [-0.1, -0.05) is 48.3 Å². The van der Waals surface area contributed by atoms with E-state index in [0.29, 0.717) is 0 Å². The van der Waals surface area contributed by atoms with Crippen LogP contribution in [0.1, 0.15) is 32.5 Å². The van der Waals surface area contributed by atoms with Crippen molar-refractivity contribution >= 4 is 21.7 Å². The van der Waals surface area contributed by atoms with E-state index in [1.165, 1.54) is 0 Å². The van der Waals surface area contributed by atoms with Crippen molar-refractivity contribution in [3.8, 4) is 11.3 Å². The molecule has 1 aromatic carbocycles. The maximum absolute atomic E-state index is 6.29. The summed E-state index contributed by atoms with van der Waals surface area (Å²) in [6, 6.07) is 8.12. The molecule has 3 nitrogen and oxygen atoms in total. The maximum Gasteiger partial charge on any atom is 0.131 e. The molecule has 4 heteroatoms. The lowest BCUT2D eigenvalue weighted by molar-refractivity contribution is 0.612. The molecule has 1 aromatic heterocycles. The van der Waals surface area contributed by atoms with Gasteiger partial charge in [0.1, 0.15) is 17.3 Å². The number of imidazole rings is 1.